The van der Waals surface area contributed by atoms with Crippen LogP contribution < -0.4 is 10.1 Å². The topological polar surface area (TPSA) is 21.3 Å². The minimum atomic E-state index is 0.618. The van der Waals surface area contributed by atoms with Gasteiger partial charge >= 0.3 is 0 Å². The Balaban J connectivity index is 1.70. The first-order valence-corrected chi connectivity index (χ1v) is 6.64. The number of nitrogens with one attached hydrogen (secondary N) is 1. The molecule has 2 rings (SSSR count). The highest BCUT2D eigenvalue weighted by Gasteiger charge is 2.24. The Hall–Kier alpha value is -1.02. The highest BCUT2D eigenvalue weighted by atomic mass is 16.5. The Bertz CT molecular complexity index is 347. The molecule has 0 spiro atoms. The lowest BCUT2D eigenvalue weighted by atomic mass is 10.1. The monoisotopic (exact) mass is 233 g/mol. The third-order valence-electron chi connectivity index (χ3n) is 3.45. The fraction of sp³-hybridized carbons (Fsp3) is 0.600. The van der Waals surface area contributed by atoms with Crippen molar-refractivity contribution in [1.29, 1.82) is 0 Å². The summed E-state index contributed by atoms with van der Waals surface area (Å²) in [6, 6.07) is 8.88. The molecule has 1 aliphatic carbocycles. The Morgan fingerprint density at radius 2 is 2.24 bits per heavy atom. The molecule has 1 N–H and O–H groups in total. The summed E-state index contributed by atoms with van der Waals surface area (Å²) in [6.45, 7) is 2.90. The van der Waals surface area contributed by atoms with Gasteiger partial charge in [0.1, 0.15) is 5.75 Å². The molecule has 0 aliphatic heterocycles. The van der Waals surface area contributed by atoms with Crippen LogP contribution in [-0.4, -0.2) is 19.7 Å². The van der Waals surface area contributed by atoms with E-state index >= 15 is 0 Å². The van der Waals surface area contributed by atoms with Gasteiger partial charge in [-0.05, 0) is 50.4 Å². The number of benzene rings is 1. The third kappa shape index (κ3) is 4.39. The molecule has 0 bridgehead atoms. The summed E-state index contributed by atoms with van der Waals surface area (Å²) < 4.78 is 5.78. The first-order valence-electron chi connectivity index (χ1n) is 6.64. The van der Waals surface area contributed by atoms with E-state index in [1.807, 2.05) is 12.1 Å². The van der Waals surface area contributed by atoms with E-state index in [0.29, 0.717) is 6.04 Å². The van der Waals surface area contributed by atoms with Crippen LogP contribution in [-0.2, 0) is 0 Å². The van der Waals surface area contributed by atoms with E-state index in [-0.39, 0.29) is 0 Å². The number of hydrogen-bond donors (Lipinski definition) is 1. The lowest BCUT2D eigenvalue weighted by molar-refractivity contribution is 0.282. The van der Waals surface area contributed by atoms with E-state index in [4.69, 9.17) is 4.74 Å². The van der Waals surface area contributed by atoms with Crippen LogP contribution in [0.3, 0.4) is 0 Å². The summed E-state index contributed by atoms with van der Waals surface area (Å²) in [4.78, 5) is 0. The molecular formula is C15H23NO. The smallest absolute Gasteiger partial charge is 0.119 e. The fourth-order valence-corrected chi connectivity index (χ4v) is 2.16. The van der Waals surface area contributed by atoms with E-state index in [1.54, 1.807) is 0 Å². The zero-order valence-corrected chi connectivity index (χ0v) is 10.9. The van der Waals surface area contributed by atoms with Gasteiger partial charge in [-0.2, -0.15) is 0 Å². The van der Waals surface area contributed by atoms with E-state index in [0.717, 1.165) is 24.7 Å². The zero-order chi connectivity index (χ0) is 12.1. The van der Waals surface area contributed by atoms with Gasteiger partial charge in [-0.3, -0.25) is 0 Å². The second kappa shape index (κ2) is 6.06. The quantitative estimate of drug-likeness (QED) is 0.781. The normalized spacial score (nSPS) is 16.8. The van der Waals surface area contributed by atoms with Crippen LogP contribution in [0.2, 0.25) is 0 Å². The van der Waals surface area contributed by atoms with Gasteiger partial charge in [-0.1, -0.05) is 25.0 Å². The SMILES string of the molecule is CNC(CCOc1cccc(C)c1)CC1CC1. The molecule has 1 aliphatic rings. The summed E-state index contributed by atoms with van der Waals surface area (Å²) in [5, 5.41) is 3.39. The Labute approximate surface area is 104 Å². The average Bonchev–Trinajstić information content (AvgIpc) is 3.12. The maximum Gasteiger partial charge on any atom is 0.119 e. The fourth-order valence-electron chi connectivity index (χ4n) is 2.16. The first kappa shape index (κ1) is 12.4. The van der Waals surface area contributed by atoms with Crippen LogP contribution in [0.4, 0.5) is 0 Å². The predicted octanol–water partition coefficient (Wildman–Crippen LogP) is 3.15. The molecule has 0 heterocycles. The molecule has 1 saturated carbocycles. The molecule has 0 amide bonds. The van der Waals surface area contributed by atoms with Crippen LogP contribution in [0.25, 0.3) is 0 Å². The third-order valence-corrected chi connectivity index (χ3v) is 3.45. The Morgan fingerprint density at radius 1 is 1.41 bits per heavy atom. The molecule has 1 aromatic rings. The molecule has 94 valence electrons. The lowest BCUT2D eigenvalue weighted by Gasteiger charge is -2.16. The molecule has 2 nitrogen and oxygen atoms in total. The summed E-state index contributed by atoms with van der Waals surface area (Å²) in [5.74, 6) is 1.97. The molecule has 17 heavy (non-hydrogen) atoms. The van der Waals surface area contributed by atoms with Gasteiger partial charge in [-0.25, -0.2) is 0 Å². The molecule has 1 atom stereocenters. The second-order valence-electron chi connectivity index (χ2n) is 5.12. The number of aryl methyl sites for hydroxylation is 1. The maximum atomic E-state index is 5.78. The minimum absolute atomic E-state index is 0.618. The largest absolute Gasteiger partial charge is 0.494 e. The lowest BCUT2D eigenvalue weighted by Crippen LogP contribution is -2.27. The van der Waals surface area contributed by atoms with Gasteiger partial charge in [0.15, 0.2) is 0 Å². The van der Waals surface area contributed by atoms with Crippen molar-refractivity contribution >= 4 is 0 Å². The maximum absolute atomic E-state index is 5.78. The summed E-state index contributed by atoms with van der Waals surface area (Å²) in [6.07, 6.45) is 5.27. The van der Waals surface area contributed by atoms with Gasteiger partial charge in [0.2, 0.25) is 0 Å². The first-order chi connectivity index (χ1) is 8.28. The van der Waals surface area contributed by atoms with Crippen molar-refractivity contribution in [2.75, 3.05) is 13.7 Å². The van der Waals surface area contributed by atoms with Gasteiger partial charge in [-0.15, -0.1) is 0 Å². The average molecular weight is 233 g/mol. The van der Waals surface area contributed by atoms with Crippen LogP contribution in [0.5, 0.6) is 5.75 Å². The van der Waals surface area contributed by atoms with Crippen molar-refractivity contribution in [2.45, 2.75) is 38.6 Å². The summed E-state index contributed by atoms with van der Waals surface area (Å²) in [7, 11) is 2.06. The standard InChI is InChI=1S/C15H23NO/c1-12-4-3-5-15(10-12)17-9-8-14(16-2)11-13-6-7-13/h3-5,10,13-14,16H,6-9,11H2,1-2H3. The zero-order valence-electron chi connectivity index (χ0n) is 10.9. The molecular weight excluding hydrogens is 210 g/mol. The molecule has 0 aromatic heterocycles. The minimum Gasteiger partial charge on any atom is -0.494 e. The Morgan fingerprint density at radius 3 is 2.88 bits per heavy atom. The van der Waals surface area contributed by atoms with E-state index in [1.165, 1.54) is 24.8 Å². The number of rotatable bonds is 7. The van der Waals surface area contributed by atoms with Crippen molar-refractivity contribution in [3.05, 3.63) is 29.8 Å². The van der Waals surface area contributed by atoms with E-state index < -0.39 is 0 Å². The number of ether oxygens (including phenoxy) is 1. The second-order valence-corrected chi connectivity index (χ2v) is 5.12. The summed E-state index contributed by atoms with van der Waals surface area (Å²) in [5.41, 5.74) is 1.26. The molecule has 2 heteroatoms. The van der Waals surface area contributed by atoms with Crippen molar-refractivity contribution in [1.82, 2.24) is 5.32 Å². The van der Waals surface area contributed by atoms with Gasteiger partial charge in [0.25, 0.3) is 0 Å². The van der Waals surface area contributed by atoms with Gasteiger partial charge in [0, 0.05) is 6.04 Å². The molecule has 1 aromatic carbocycles. The Kier molecular flexibility index (Phi) is 4.43. The highest BCUT2D eigenvalue weighted by molar-refractivity contribution is 5.27. The predicted molar refractivity (Wildman–Crippen MR) is 71.5 cm³/mol. The van der Waals surface area contributed by atoms with Crippen molar-refractivity contribution in [3.63, 3.8) is 0 Å². The van der Waals surface area contributed by atoms with E-state index in [9.17, 15) is 0 Å². The highest BCUT2D eigenvalue weighted by Crippen LogP contribution is 2.34. The molecule has 1 unspecified atom stereocenters. The van der Waals surface area contributed by atoms with Gasteiger partial charge in [0.05, 0.1) is 6.61 Å². The van der Waals surface area contributed by atoms with Crippen LogP contribution in [0, 0.1) is 12.8 Å². The van der Waals surface area contributed by atoms with Crippen molar-refractivity contribution < 1.29 is 4.74 Å². The van der Waals surface area contributed by atoms with Crippen LogP contribution in [0.1, 0.15) is 31.2 Å². The van der Waals surface area contributed by atoms with E-state index in [2.05, 4.69) is 31.4 Å². The van der Waals surface area contributed by atoms with Gasteiger partial charge < -0.3 is 10.1 Å². The van der Waals surface area contributed by atoms with Crippen molar-refractivity contribution in [2.24, 2.45) is 5.92 Å². The van der Waals surface area contributed by atoms with Crippen molar-refractivity contribution in [3.8, 4) is 5.75 Å². The number of hydrogen-bond acceptors (Lipinski definition) is 2. The molecule has 0 radical (unpaired) electrons. The van der Waals surface area contributed by atoms with Crippen LogP contribution in [0.15, 0.2) is 24.3 Å². The molecule has 0 saturated heterocycles. The molecule has 1 fully saturated rings. The summed E-state index contributed by atoms with van der Waals surface area (Å²) >= 11 is 0. The van der Waals surface area contributed by atoms with Crippen LogP contribution >= 0.6 is 0 Å².